The first-order chi connectivity index (χ1) is 14.7. The molecule has 0 fully saturated rings. The Morgan fingerprint density at radius 1 is 1.13 bits per heavy atom. The molecule has 0 atom stereocenters. The second-order valence-corrected chi connectivity index (χ2v) is 6.97. The largest absolute Gasteiger partial charge is 0.506 e. The maximum absolute atomic E-state index is 12.5. The number of hydrogen-bond donors (Lipinski definition) is 5. The van der Waals surface area contributed by atoms with Crippen LogP contribution in [0.5, 0.6) is 5.75 Å². The second kappa shape index (κ2) is 8.80. The molecule has 9 nitrogen and oxygen atoms in total. The van der Waals surface area contributed by atoms with Crippen LogP contribution >= 0.6 is 0 Å². The van der Waals surface area contributed by atoms with Crippen molar-refractivity contribution >= 4 is 32.9 Å². The van der Waals surface area contributed by atoms with Crippen LogP contribution in [-0.2, 0) is 11.3 Å². The maximum atomic E-state index is 12.5. The molecule has 0 bridgehead atoms. The molecule has 2 heterocycles. The number of aliphatic hydroxyl groups is 1. The van der Waals surface area contributed by atoms with Crippen molar-refractivity contribution in [1.82, 2.24) is 14.9 Å². The van der Waals surface area contributed by atoms with Crippen LogP contribution in [0.3, 0.4) is 0 Å². The smallest absolute Gasteiger partial charge is 0.191 e. The Balaban J connectivity index is 1.83. The average Bonchev–Trinajstić information content (AvgIpc) is 3.12. The van der Waals surface area contributed by atoms with Crippen LogP contribution in [-0.4, -0.2) is 59.3 Å². The van der Waals surface area contributed by atoms with Gasteiger partial charge in [-0.3, -0.25) is 4.79 Å². The normalized spacial score (nSPS) is 11.8. The molecule has 6 N–H and O–H groups in total. The first kappa shape index (κ1) is 20.3. The van der Waals surface area contributed by atoms with Gasteiger partial charge in [0.25, 0.3) is 0 Å². The van der Waals surface area contributed by atoms with E-state index in [1.165, 1.54) is 6.07 Å². The lowest BCUT2D eigenvalue weighted by Crippen LogP contribution is -2.20. The zero-order valence-electron chi connectivity index (χ0n) is 16.5. The van der Waals surface area contributed by atoms with Crippen LogP contribution < -0.4 is 21.8 Å². The monoisotopic (exact) mass is 411 g/mol. The fraction of sp³-hybridized carbons (Fsp3) is 0.333. The van der Waals surface area contributed by atoms with E-state index < -0.39 is 0 Å². The Bertz CT molecular complexity index is 1220. The fourth-order valence-electron chi connectivity index (χ4n) is 3.74. The minimum Gasteiger partial charge on any atom is -0.506 e. The van der Waals surface area contributed by atoms with Gasteiger partial charge in [0.05, 0.1) is 47.3 Å². The Morgan fingerprint density at radius 2 is 2.00 bits per heavy atom. The van der Waals surface area contributed by atoms with Gasteiger partial charge in [0.2, 0.25) is 0 Å². The molecule has 0 unspecified atom stereocenters. The van der Waals surface area contributed by atoms with Gasteiger partial charge in [0, 0.05) is 37.3 Å². The SMILES string of the molecule is NCCNc1ccc2c(CNCCOCCO)nn3c4cccc(=O)c4c(O)c1c23. The third-order valence-electron chi connectivity index (χ3n) is 5.04. The molecule has 0 spiro atoms. The highest BCUT2D eigenvalue weighted by atomic mass is 16.5. The summed E-state index contributed by atoms with van der Waals surface area (Å²) in [6, 6.07) is 8.72. The molecule has 0 aliphatic rings. The van der Waals surface area contributed by atoms with E-state index >= 15 is 0 Å². The van der Waals surface area contributed by atoms with Crippen LogP contribution in [0.2, 0.25) is 0 Å². The number of nitrogens with zero attached hydrogens (tertiary/aromatic N) is 2. The number of fused-ring (bicyclic) bond motifs is 2. The molecule has 4 aromatic rings. The molecule has 0 aliphatic heterocycles. The summed E-state index contributed by atoms with van der Waals surface area (Å²) in [5.41, 5.74) is 8.19. The van der Waals surface area contributed by atoms with Gasteiger partial charge >= 0.3 is 0 Å². The summed E-state index contributed by atoms with van der Waals surface area (Å²) in [6.45, 7) is 2.87. The molecular formula is C21H25N5O4. The van der Waals surface area contributed by atoms with Gasteiger partial charge in [0.1, 0.15) is 5.75 Å². The first-order valence-corrected chi connectivity index (χ1v) is 9.92. The van der Waals surface area contributed by atoms with E-state index in [-0.39, 0.29) is 23.2 Å². The van der Waals surface area contributed by atoms with Gasteiger partial charge in [0.15, 0.2) is 5.43 Å². The predicted molar refractivity (Wildman–Crippen MR) is 116 cm³/mol. The molecular weight excluding hydrogens is 386 g/mol. The second-order valence-electron chi connectivity index (χ2n) is 6.97. The molecule has 30 heavy (non-hydrogen) atoms. The van der Waals surface area contributed by atoms with E-state index in [1.54, 1.807) is 16.6 Å². The van der Waals surface area contributed by atoms with Crippen LogP contribution in [0.4, 0.5) is 5.69 Å². The van der Waals surface area contributed by atoms with Crippen molar-refractivity contribution in [2.24, 2.45) is 5.73 Å². The molecule has 0 saturated heterocycles. The van der Waals surface area contributed by atoms with Crippen molar-refractivity contribution in [3.05, 3.63) is 46.2 Å². The Kier molecular flexibility index (Phi) is 5.96. The number of aliphatic hydroxyl groups excluding tert-OH is 1. The van der Waals surface area contributed by atoms with E-state index in [0.717, 1.165) is 16.6 Å². The van der Waals surface area contributed by atoms with Crippen molar-refractivity contribution in [2.75, 3.05) is 44.8 Å². The lowest BCUT2D eigenvalue weighted by atomic mass is 10.0. The number of pyridine rings is 1. The number of hydrogen-bond acceptors (Lipinski definition) is 8. The number of benzene rings is 2. The molecule has 2 aromatic carbocycles. The van der Waals surface area contributed by atoms with Gasteiger partial charge in [-0.25, -0.2) is 4.52 Å². The summed E-state index contributed by atoms with van der Waals surface area (Å²) in [6.07, 6.45) is 0. The van der Waals surface area contributed by atoms with E-state index in [9.17, 15) is 9.90 Å². The van der Waals surface area contributed by atoms with E-state index in [1.807, 2.05) is 12.1 Å². The molecule has 0 aliphatic carbocycles. The number of anilines is 1. The van der Waals surface area contributed by atoms with Gasteiger partial charge in [-0.1, -0.05) is 6.07 Å². The molecule has 0 radical (unpaired) electrons. The lowest BCUT2D eigenvalue weighted by molar-refractivity contribution is 0.0937. The van der Waals surface area contributed by atoms with Crippen LogP contribution in [0, 0.1) is 0 Å². The lowest BCUT2D eigenvalue weighted by Gasteiger charge is -2.13. The quantitative estimate of drug-likeness (QED) is 0.189. The number of nitrogens with two attached hydrogens (primary N) is 1. The maximum Gasteiger partial charge on any atom is 0.191 e. The van der Waals surface area contributed by atoms with Crippen molar-refractivity contribution in [3.63, 3.8) is 0 Å². The molecule has 0 amide bonds. The van der Waals surface area contributed by atoms with Crippen molar-refractivity contribution < 1.29 is 14.9 Å². The number of aromatic hydroxyl groups is 1. The van der Waals surface area contributed by atoms with Crippen molar-refractivity contribution in [3.8, 4) is 5.75 Å². The predicted octanol–water partition coefficient (Wildman–Crippen LogP) is 0.613. The van der Waals surface area contributed by atoms with E-state index in [2.05, 4.69) is 10.6 Å². The van der Waals surface area contributed by atoms with Gasteiger partial charge in [-0.15, -0.1) is 0 Å². The van der Waals surface area contributed by atoms with E-state index in [4.69, 9.17) is 20.7 Å². The summed E-state index contributed by atoms with van der Waals surface area (Å²) in [4.78, 5) is 12.5. The number of rotatable bonds is 10. The van der Waals surface area contributed by atoms with Crippen molar-refractivity contribution in [2.45, 2.75) is 6.54 Å². The highest BCUT2D eigenvalue weighted by Gasteiger charge is 2.21. The Labute approximate surface area is 172 Å². The van der Waals surface area contributed by atoms with Gasteiger partial charge < -0.3 is 31.3 Å². The topological polar surface area (TPSA) is 134 Å². The van der Waals surface area contributed by atoms with Crippen LogP contribution in [0.1, 0.15) is 5.69 Å². The first-order valence-electron chi connectivity index (χ1n) is 9.92. The third kappa shape index (κ3) is 3.52. The number of aromatic nitrogens is 2. The minimum atomic E-state index is -0.256. The molecule has 4 rings (SSSR count). The van der Waals surface area contributed by atoms with Crippen LogP contribution in [0.25, 0.3) is 27.2 Å². The zero-order chi connectivity index (χ0) is 21.1. The summed E-state index contributed by atoms with van der Waals surface area (Å²) in [7, 11) is 0. The zero-order valence-corrected chi connectivity index (χ0v) is 16.5. The number of nitrogens with one attached hydrogen (secondary N) is 2. The Morgan fingerprint density at radius 3 is 2.80 bits per heavy atom. The Hall–Kier alpha value is -2.98. The molecule has 0 saturated carbocycles. The molecule has 158 valence electrons. The van der Waals surface area contributed by atoms with Gasteiger partial charge in [-0.2, -0.15) is 5.10 Å². The highest BCUT2D eigenvalue weighted by molar-refractivity contribution is 6.13. The molecule has 9 heteroatoms. The standard InChI is InChI=1S/C21H25N5O4/c22-6-7-24-14-5-4-13-15(12-23-8-10-30-11-9-27)25-26-16-2-1-3-17(28)19(16)21(29)18(14)20(13)26/h1-5,23-24,27,29H,6-12,22H2. The average molecular weight is 411 g/mol. The summed E-state index contributed by atoms with van der Waals surface area (Å²) in [5, 5.41) is 32.8. The van der Waals surface area contributed by atoms with E-state index in [0.29, 0.717) is 56.0 Å². The summed E-state index contributed by atoms with van der Waals surface area (Å²) >= 11 is 0. The van der Waals surface area contributed by atoms with Crippen LogP contribution in [0.15, 0.2) is 35.1 Å². The highest BCUT2D eigenvalue weighted by Crippen LogP contribution is 2.40. The molecule has 2 aromatic heterocycles. The minimum absolute atomic E-state index is 0.000545. The van der Waals surface area contributed by atoms with Gasteiger partial charge in [-0.05, 0) is 24.3 Å². The fourth-order valence-corrected chi connectivity index (χ4v) is 3.74. The summed E-state index contributed by atoms with van der Waals surface area (Å²) in [5.74, 6) is -0.0509. The number of ether oxygens (including phenoxy) is 1. The van der Waals surface area contributed by atoms with Crippen molar-refractivity contribution in [1.29, 1.82) is 0 Å². The third-order valence-corrected chi connectivity index (χ3v) is 5.04. The summed E-state index contributed by atoms with van der Waals surface area (Å²) < 4.78 is 6.99.